The maximum absolute atomic E-state index is 11.7. The van der Waals surface area contributed by atoms with E-state index in [1.807, 2.05) is 0 Å². The molecule has 0 saturated carbocycles. The van der Waals surface area contributed by atoms with Gasteiger partial charge in [-0.05, 0) is 38.6 Å². The van der Waals surface area contributed by atoms with Gasteiger partial charge < -0.3 is 16.8 Å². The molecule has 0 spiro atoms. The molecule has 0 aromatic carbocycles. The molecule has 0 saturated heterocycles. The number of nitrogens with one attached hydrogen (secondary N) is 1. The summed E-state index contributed by atoms with van der Waals surface area (Å²) in [5.41, 5.74) is 9.80. The number of nitrogens with two attached hydrogens (primary N) is 2. The van der Waals surface area contributed by atoms with E-state index in [0.717, 1.165) is 6.42 Å². The van der Waals surface area contributed by atoms with Gasteiger partial charge in [0.2, 0.25) is 11.8 Å². The Morgan fingerprint density at radius 1 is 1.29 bits per heavy atom. The quantitative estimate of drug-likeness (QED) is 0.602. The fourth-order valence-corrected chi connectivity index (χ4v) is 1.65. The molecule has 0 aromatic heterocycles. The largest absolute Gasteiger partial charge is 0.368 e. The number of rotatable bonds is 7. The number of hydrogen-bond donors (Lipinski definition) is 3. The number of primary amides is 1. The van der Waals surface area contributed by atoms with Crippen molar-refractivity contribution in [3.8, 4) is 0 Å². The molecule has 0 radical (unpaired) electrons. The monoisotopic (exact) mass is 243 g/mol. The van der Waals surface area contributed by atoms with Crippen LogP contribution < -0.4 is 16.8 Å². The molecule has 0 rings (SSSR count). The second-order valence-corrected chi connectivity index (χ2v) is 5.47. The molecule has 0 aliphatic carbocycles. The standard InChI is InChI=1S/C12H25N3O2/c1-8(2)5-9(7-13)6-10(16)15-12(3,4)11(14)17/h8-9H,5-7,13H2,1-4H3,(H2,14,17)(H,15,16). The number of carbonyl (C=O) groups is 2. The van der Waals surface area contributed by atoms with Crippen molar-refractivity contribution in [1.29, 1.82) is 0 Å². The molecule has 1 atom stereocenters. The van der Waals surface area contributed by atoms with Crippen molar-refractivity contribution in [2.24, 2.45) is 23.3 Å². The number of amides is 2. The van der Waals surface area contributed by atoms with E-state index in [2.05, 4.69) is 19.2 Å². The molecule has 0 bridgehead atoms. The molecule has 17 heavy (non-hydrogen) atoms. The zero-order valence-corrected chi connectivity index (χ0v) is 11.2. The highest BCUT2D eigenvalue weighted by molar-refractivity contribution is 5.89. The van der Waals surface area contributed by atoms with Crippen LogP contribution in [0, 0.1) is 11.8 Å². The molecule has 5 nitrogen and oxygen atoms in total. The third kappa shape index (κ3) is 6.26. The first-order chi connectivity index (χ1) is 7.69. The Kier molecular flexibility index (Phi) is 6.16. The zero-order chi connectivity index (χ0) is 13.6. The second kappa shape index (κ2) is 6.59. The molecule has 0 aliphatic rings. The molecule has 5 heteroatoms. The predicted octanol–water partition coefficient (Wildman–Crippen LogP) is 0.378. The number of carbonyl (C=O) groups excluding carboxylic acids is 2. The van der Waals surface area contributed by atoms with Crippen LogP contribution in [-0.4, -0.2) is 23.9 Å². The molecule has 0 aromatic rings. The van der Waals surface area contributed by atoms with Crippen molar-refractivity contribution < 1.29 is 9.59 Å². The zero-order valence-electron chi connectivity index (χ0n) is 11.2. The van der Waals surface area contributed by atoms with Crippen LogP contribution in [-0.2, 0) is 9.59 Å². The summed E-state index contributed by atoms with van der Waals surface area (Å²) < 4.78 is 0. The molecule has 5 N–H and O–H groups in total. The van der Waals surface area contributed by atoms with Gasteiger partial charge >= 0.3 is 0 Å². The summed E-state index contributed by atoms with van der Waals surface area (Å²) in [7, 11) is 0. The lowest BCUT2D eigenvalue weighted by Crippen LogP contribution is -2.53. The first-order valence-electron chi connectivity index (χ1n) is 6.00. The van der Waals surface area contributed by atoms with Crippen molar-refractivity contribution in [2.45, 2.75) is 46.1 Å². The first kappa shape index (κ1) is 15.9. The lowest BCUT2D eigenvalue weighted by atomic mass is 9.93. The van der Waals surface area contributed by atoms with Crippen LogP contribution in [0.3, 0.4) is 0 Å². The van der Waals surface area contributed by atoms with Gasteiger partial charge in [-0.25, -0.2) is 0 Å². The van der Waals surface area contributed by atoms with Crippen molar-refractivity contribution in [3.05, 3.63) is 0 Å². The van der Waals surface area contributed by atoms with Gasteiger partial charge in [-0.3, -0.25) is 9.59 Å². The highest BCUT2D eigenvalue weighted by Gasteiger charge is 2.27. The molecule has 2 amide bonds. The van der Waals surface area contributed by atoms with E-state index in [-0.39, 0.29) is 11.8 Å². The van der Waals surface area contributed by atoms with E-state index in [0.29, 0.717) is 18.9 Å². The summed E-state index contributed by atoms with van der Waals surface area (Å²) in [6.07, 6.45) is 1.24. The van der Waals surface area contributed by atoms with Crippen LogP contribution in [0.15, 0.2) is 0 Å². The molecule has 0 aliphatic heterocycles. The molecule has 0 heterocycles. The highest BCUT2D eigenvalue weighted by atomic mass is 16.2. The lowest BCUT2D eigenvalue weighted by molar-refractivity contribution is -0.130. The Bertz CT molecular complexity index is 275. The van der Waals surface area contributed by atoms with Crippen molar-refractivity contribution in [2.75, 3.05) is 6.54 Å². The van der Waals surface area contributed by atoms with E-state index >= 15 is 0 Å². The summed E-state index contributed by atoms with van der Waals surface area (Å²) in [4.78, 5) is 22.8. The summed E-state index contributed by atoms with van der Waals surface area (Å²) in [5.74, 6) is -0.0666. The normalized spacial score (nSPS) is 13.5. The average Bonchev–Trinajstić information content (AvgIpc) is 2.14. The Balaban J connectivity index is 4.29. The van der Waals surface area contributed by atoms with Gasteiger partial charge in [0.15, 0.2) is 0 Å². The van der Waals surface area contributed by atoms with Gasteiger partial charge in [0.25, 0.3) is 0 Å². The van der Waals surface area contributed by atoms with Gasteiger partial charge in [0.1, 0.15) is 5.54 Å². The maximum atomic E-state index is 11.7. The Morgan fingerprint density at radius 2 is 1.82 bits per heavy atom. The Labute approximate surface area is 103 Å². The SMILES string of the molecule is CC(C)CC(CN)CC(=O)NC(C)(C)C(N)=O. The minimum absolute atomic E-state index is 0.152. The maximum Gasteiger partial charge on any atom is 0.242 e. The van der Waals surface area contributed by atoms with Gasteiger partial charge in [-0.2, -0.15) is 0 Å². The Hall–Kier alpha value is -1.10. The average molecular weight is 243 g/mol. The van der Waals surface area contributed by atoms with E-state index in [1.165, 1.54) is 0 Å². The lowest BCUT2D eigenvalue weighted by Gasteiger charge is -2.24. The summed E-state index contributed by atoms with van der Waals surface area (Å²) in [6, 6.07) is 0. The molecular formula is C12H25N3O2. The Morgan fingerprint density at radius 3 is 2.18 bits per heavy atom. The van der Waals surface area contributed by atoms with Gasteiger partial charge in [0, 0.05) is 6.42 Å². The van der Waals surface area contributed by atoms with E-state index in [9.17, 15) is 9.59 Å². The topological polar surface area (TPSA) is 98.2 Å². The van der Waals surface area contributed by atoms with Crippen LogP contribution in [0.25, 0.3) is 0 Å². The fourth-order valence-electron chi connectivity index (χ4n) is 1.65. The van der Waals surface area contributed by atoms with Crippen LogP contribution in [0.5, 0.6) is 0 Å². The van der Waals surface area contributed by atoms with Crippen LogP contribution >= 0.6 is 0 Å². The minimum Gasteiger partial charge on any atom is -0.368 e. The third-order valence-corrected chi connectivity index (χ3v) is 2.68. The van der Waals surface area contributed by atoms with Gasteiger partial charge in [0.05, 0.1) is 0 Å². The molecular weight excluding hydrogens is 218 g/mol. The third-order valence-electron chi connectivity index (χ3n) is 2.68. The van der Waals surface area contributed by atoms with E-state index in [1.54, 1.807) is 13.8 Å². The highest BCUT2D eigenvalue weighted by Crippen LogP contribution is 2.14. The smallest absolute Gasteiger partial charge is 0.242 e. The van der Waals surface area contributed by atoms with Crippen molar-refractivity contribution in [3.63, 3.8) is 0 Å². The van der Waals surface area contributed by atoms with Crippen molar-refractivity contribution in [1.82, 2.24) is 5.32 Å². The van der Waals surface area contributed by atoms with Crippen LogP contribution in [0.1, 0.15) is 40.5 Å². The van der Waals surface area contributed by atoms with Gasteiger partial charge in [-0.15, -0.1) is 0 Å². The van der Waals surface area contributed by atoms with Crippen LogP contribution in [0.2, 0.25) is 0 Å². The summed E-state index contributed by atoms with van der Waals surface area (Å²) >= 11 is 0. The molecule has 0 fully saturated rings. The second-order valence-electron chi connectivity index (χ2n) is 5.47. The fraction of sp³-hybridized carbons (Fsp3) is 0.833. The minimum atomic E-state index is -1.01. The van der Waals surface area contributed by atoms with Crippen molar-refractivity contribution >= 4 is 11.8 Å². The summed E-state index contributed by atoms with van der Waals surface area (Å²) in [5, 5.41) is 2.62. The predicted molar refractivity (Wildman–Crippen MR) is 68.0 cm³/mol. The van der Waals surface area contributed by atoms with Crippen LogP contribution in [0.4, 0.5) is 0 Å². The summed E-state index contributed by atoms with van der Waals surface area (Å²) in [6.45, 7) is 7.84. The molecule has 1 unspecified atom stereocenters. The van der Waals surface area contributed by atoms with E-state index < -0.39 is 11.4 Å². The van der Waals surface area contributed by atoms with E-state index in [4.69, 9.17) is 11.5 Å². The first-order valence-corrected chi connectivity index (χ1v) is 6.00. The molecule has 100 valence electrons. The number of hydrogen-bond acceptors (Lipinski definition) is 3. The van der Waals surface area contributed by atoms with Gasteiger partial charge in [-0.1, -0.05) is 13.8 Å².